The second-order valence-electron chi connectivity index (χ2n) is 2.84. The van der Waals surface area contributed by atoms with Gasteiger partial charge in [-0.3, -0.25) is 0 Å². The van der Waals surface area contributed by atoms with Gasteiger partial charge < -0.3 is 5.32 Å². The van der Waals surface area contributed by atoms with Crippen LogP contribution < -0.4 is 5.32 Å². The Labute approximate surface area is 78.4 Å². The van der Waals surface area contributed by atoms with Crippen LogP contribution in [0.25, 0.3) is 0 Å². The quantitative estimate of drug-likeness (QED) is 0.746. The number of aromatic nitrogens is 1. The summed E-state index contributed by atoms with van der Waals surface area (Å²) in [6.45, 7) is 4.02. The third-order valence-electron chi connectivity index (χ3n) is 2.06. The van der Waals surface area contributed by atoms with Gasteiger partial charge in [0.2, 0.25) is 0 Å². The molecule has 0 radical (unpaired) electrons. The Hall–Kier alpha value is -1.56. The summed E-state index contributed by atoms with van der Waals surface area (Å²) in [6.07, 6.45) is 0.914. The lowest BCUT2D eigenvalue weighted by molar-refractivity contribution is 1.04. The summed E-state index contributed by atoms with van der Waals surface area (Å²) in [6, 6.07) is 4.02. The van der Waals surface area contributed by atoms with Crippen LogP contribution >= 0.6 is 0 Å². The lowest BCUT2D eigenvalue weighted by atomic mass is 10.1. The summed E-state index contributed by atoms with van der Waals surface area (Å²) in [5, 5.41) is 11.7. The molecule has 0 atom stereocenters. The minimum absolute atomic E-state index is 0.616. The first-order valence-electron chi connectivity index (χ1n) is 4.31. The van der Waals surface area contributed by atoms with Crippen LogP contribution in [0.3, 0.4) is 0 Å². The van der Waals surface area contributed by atoms with Crippen molar-refractivity contribution in [2.45, 2.75) is 20.3 Å². The minimum Gasteiger partial charge on any atom is -0.372 e. The average molecular weight is 175 g/mol. The minimum atomic E-state index is 0.616. The fourth-order valence-electron chi connectivity index (χ4n) is 1.28. The van der Waals surface area contributed by atoms with Crippen LogP contribution in [-0.4, -0.2) is 12.0 Å². The number of hydrogen-bond donors (Lipinski definition) is 1. The van der Waals surface area contributed by atoms with Crippen LogP contribution in [-0.2, 0) is 6.42 Å². The number of nitrogens with one attached hydrogen (secondary N) is 1. The molecule has 1 rings (SSSR count). The molecule has 1 aromatic heterocycles. The fourth-order valence-corrected chi connectivity index (χ4v) is 1.28. The van der Waals surface area contributed by atoms with Crippen molar-refractivity contribution in [2.75, 3.05) is 12.4 Å². The van der Waals surface area contributed by atoms with Gasteiger partial charge in [-0.25, -0.2) is 4.98 Å². The predicted octanol–water partition coefficient (Wildman–Crippen LogP) is 1.87. The highest BCUT2D eigenvalue weighted by Crippen LogP contribution is 2.16. The van der Waals surface area contributed by atoms with Crippen molar-refractivity contribution < 1.29 is 0 Å². The first-order chi connectivity index (χ1) is 6.22. The van der Waals surface area contributed by atoms with E-state index in [2.05, 4.69) is 23.3 Å². The van der Waals surface area contributed by atoms with E-state index >= 15 is 0 Å². The van der Waals surface area contributed by atoms with Gasteiger partial charge in [0.1, 0.15) is 11.9 Å². The van der Waals surface area contributed by atoms with E-state index in [-0.39, 0.29) is 0 Å². The molecular weight excluding hydrogens is 162 g/mol. The SMILES string of the molecule is CCc1cc(C#N)c(NC)nc1C. The van der Waals surface area contributed by atoms with Crippen LogP contribution in [0.5, 0.6) is 0 Å². The van der Waals surface area contributed by atoms with Crippen LogP contribution in [0.2, 0.25) is 0 Å². The highest BCUT2D eigenvalue weighted by atomic mass is 15.0. The first-order valence-corrected chi connectivity index (χ1v) is 4.31. The summed E-state index contributed by atoms with van der Waals surface area (Å²) in [7, 11) is 1.77. The van der Waals surface area contributed by atoms with Crippen molar-refractivity contribution >= 4 is 5.82 Å². The number of pyridine rings is 1. The highest BCUT2D eigenvalue weighted by Gasteiger charge is 2.05. The van der Waals surface area contributed by atoms with Crippen LogP contribution in [0.4, 0.5) is 5.82 Å². The van der Waals surface area contributed by atoms with E-state index in [9.17, 15) is 0 Å². The molecule has 0 aliphatic rings. The summed E-state index contributed by atoms with van der Waals surface area (Å²) in [5.74, 6) is 0.664. The fraction of sp³-hybridized carbons (Fsp3) is 0.400. The third-order valence-corrected chi connectivity index (χ3v) is 2.06. The standard InChI is InChI=1S/C10H13N3/c1-4-8-5-9(6-11)10(12-3)13-7(8)2/h5H,4H2,1-3H3,(H,12,13). The Morgan fingerprint density at radius 3 is 2.77 bits per heavy atom. The lowest BCUT2D eigenvalue weighted by Gasteiger charge is -2.07. The maximum atomic E-state index is 8.83. The lowest BCUT2D eigenvalue weighted by Crippen LogP contribution is -2.00. The van der Waals surface area contributed by atoms with Crippen molar-refractivity contribution in [1.82, 2.24) is 4.98 Å². The smallest absolute Gasteiger partial charge is 0.143 e. The van der Waals surface area contributed by atoms with Gasteiger partial charge in [0.25, 0.3) is 0 Å². The number of anilines is 1. The summed E-state index contributed by atoms with van der Waals surface area (Å²) >= 11 is 0. The van der Waals surface area contributed by atoms with Gasteiger partial charge in [-0.15, -0.1) is 0 Å². The molecular formula is C10H13N3. The number of nitrogens with zero attached hydrogens (tertiary/aromatic N) is 2. The summed E-state index contributed by atoms with van der Waals surface area (Å²) in [5.41, 5.74) is 2.74. The molecule has 0 fully saturated rings. The van der Waals surface area contributed by atoms with Gasteiger partial charge >= 0.3 is 0 Å². The second-order valence-corrected chi connectivity index (χ2v) is 2.84. The molecule has 0 bridgehead atoms. The third kappa shape index (κ3) is 1.78. The topological polar surface area (TPSA) is 48.7 Å². The second kappa shape index (κ2) is 3.90. The molecule has 0 spiro atoms. The first kappa shape index (κ1) is 9.53. The molecule has 0 saturated heterocycles. The maximum Gasteiger partial charge on any atom is 0.143 e. The molecule has 0 amide bonds. The van der Waals surface area contributed by atoms with Gasteiger partial charge in [-0.1, -0.05) is 6.92 Å². The molecule has 1 N–H and O–H groups in total. The monoisotopic (exact) mass is 175 g/mol. The molecule has 0 aliphatic carbocycles. The van der Waals surface area contributed by atoms with E-state index in [4.69, 9.17) is 5.26 Å². The molecule has 1 heterocycles. The van der Waals surface area contributed by atoms with E-state index in [1.807, 2.05) is 13.0 Å². The largest absolute Gasteiger partial charge is 0.372 e. The number of aryl methyl sites for hydroxylation is 2. The van der Waals surface area contributed by atoms with Crippen LogP contribution in [0.15, 0.2) is 6.07 Å². The molecule has 68 valence electrons. The summed E-state index contributed by atoms with van der Waals surface area (Å²) < 4.78 is 0. The Bertz CT molecular complexity index is 350. The number of nitriles is 1. The van der Waals surface area contributed by atoms with E-state index in [0.29, 0.717) is 11.4 Å². The van der Waals surface area contributed by atoms with Crippen LogP contribution in [0.1, 0.15) is 23.7 Å². The Kier molecular flexibility index (Phi) is 2.86. The van der Waals surface area contributed by atoms with E-state index < -0.39 is 0 Å². The van der Waals surface area contributed by atoms with Gasteiger partial charge in [-0.05, 0) is 25.0 Å². The predicted molar refractivity (Wildman–Crippen MR) is 52.6 cm³/mol. The molecule has 0 aromatic carbocycles. The zero-order valence-corrected chi connectivity index (χ0v) is 8.18. The van der Waals surface area contributed by atoms with Crippen molar-refractivity contribution in [2.24, 2.45) is 0 Å². The Morgan fingerprint density at radius 2 is 2.31 bits per heavy atom. The van der Waals surface area contributed by atoms with Crippen molar-refractivity contribution in [3.8, 4) is 6.07 Å². The zero-order valence-electron chi connectivity index (χ0n) is 8.18. The Morgan fingerprint density at radius 1 is 1.62 bits per heavy atom. The number of rotatable bonds is 2. The molecule has 13 heavy (non-hydrogen) atoms. The van der Waals surface area contributed by atoms with Crippen molar-refractivity contribution in [3.05, 3.63) is 22.9 Å². The molecule has 3 nitrogen and oxygen atoms in total. The maximum absolute atomic E-state index is 8.83. The average Bonchev–Trinajstić information content (AvgIpc) is 2.17. The Balaban J connectivity index is 3.28. The molecule has 3 heteroatoms. The van der Waals surface area contributed by atoms with E-state index in [1.165, 1.54) is 0 Å². The van der Waals surface area contributed by atoms with Gasteiger partial charge in [0.05, 0.1) is 5.56 Å². The van der Waals surface area contributed by atoms with Gasteiger partial charge in [0.15, 0.2) is 0 Å². The van der Waals surface area contributed by atoms with E-state index in [1.54, 1.807) is 7.05 Å². The molecule has 0 aliphatic heterocycles. The van der Waals surface area contributed by atoms with E-state index in [0.717, 1.165) is 17.7 Å². The van der Waals surface area contributed by atoms with Crippen molar-refractivity contribution in [1.29, 1.82) is 5.26 Å². The number of hydrogen-bond acceptors (Lipinski definition) is 3. The van der Waals surface area contributed by atoms with Gasteiger partial charge in [-0.2, -0.15) is 5.26 Å². The van der Waals surface area contributed by atoms with Gasteiger partial charge in [0, 0.05) is 12.7 Å². The zero-order chi connectivity index (χ0) is 9.84. The van der Waals surface area contributed by atoms with Crippen molar-refractivity contribution in [3.63, 3.8) is 0 Å². The molecule has 0 saturated carbocycles. The normalized spacial score (nSPS) is 9.38. The highest BCUT2D eigenvalue weighted by molar-refractivity contribution is 5.53. The summed E-state index contributed by atoms with van der Waals surface area (Å²) in [4.78, 5) is 4.30. The van der Waals surface area contributed by atoms with Crippen LogP contribution in [0, 0.1) is 18.3 Å². The molecule has 0 unspecified atom stereocenters. The molecule has 1 aromatic rings.